The van der Waals surface area contributed by atoms with Crippen molar-refractivity contribution in [1.82, 2.24) is 15.3 Å². The second kappa shape index (κ2) is 4.49. The summed E-state index contributed by atoms with van der Waals surface area (Å²) in [6.45, 7) is 2.04. The largest absolute Gasteiger partial charge is 0.366 e. The van der Waals surface area contributed by atoms with E-state index in [1.807, 2.05) is 0 Å². The lowest BCUT2D eigenvalue weighted by atomic mass is 10.1. The monoisotopic (exact) mass is 234 g/mol. The highest BCUT2D eigenvalue weighted by atomic mass is 16.1. The fourth-order valence-corrected chi connectivity index (χ4v) is 2.28. The molecule has 5 heteroatoms. The van der Waals surface area contributed by atoms with Crippen molar-refractivity contribution in [3.8, 4) is 0 Å². The third-order valence-corrected chi connectivity index (χ3v) is 3.37. The minimum Gasteiger partial charge on any atom is -0.366 e. The summed E-state index contributed by atoms with van der Waals surface area (Å²) >= 11 is 0. The fourth-order valence-electron chi connectivity index (χ4n) is 2.28. The van der Waals surface area contributed by atoms with Crippen LogP contribution in [0.1, 0.15) is 37.4 Å². The molecule has 1 saturated heterocycles. The molecular weight excluding hydrogens is 216 g/mol. The lowest BCUT2D eigenvalue weighted by Crippen LogP contribution is -2.38. The molecule has 1 atom stereocenters. The van der Waals surface area contributed by atoms with Crippen LogP contribution in [0, 0.1) is 0 Å². The van der Waals surface area contributed by atoms with Crippen LogP contribution in [0.15, 0.2) is 10.9 Å². The molecule has 1 aliphatic heterocycles. The first-order valence-electron chi connectivity index (χ1n) is 6.40. The molecule has 2 heterocycles. The van der Waals surface area contributed by atoms with Crippen LogP contribution in [-0.2, 0) is 0 Å². The number of hydrogen-bond acceptors (Lipinski definition) is 4. The zero-order chi connectivity index (χ0) is 11.7. The smallest absolute Gasteiger partial charge is 0.252 e. The van der Waals surface area contributed by atoms with E-state index in [9.17, 15) is 4.79 Å². The van der Waals surface area contributed by atoms with Gasteiger partial charge in [0.2, 0.25) is 0 Å². The maximum absolute atomic E-state index is 11.5. The zero-order valence-electron chi connectivity index (χ0n) is 9.83. The Kier molecular flexibility index (Phi) is 2.84. The minimum absolute atomic E-state index is 0.0480. The van der Waals surface area contributed by atoms with E-state index in [1.54, 1.807) is 6.07 Å². The summed E-state index contributed by atoms with van der Waals surface area (Å²) in [5.41, 5.74) is -0.0480. The quantitative estimate of drug-likeness (QED) is 0.724. The van der Waals surface area contributed by atoms with E-state index < -0.39 is 0 Å². The molecule has 2 aliphatic rings. The van der Waals surface area contributed by atoms with Gasteiger partial charge in [0.25, 0.3) is 5.56 Å². The molecule has 1 aliphatic carbocycles. The summed E-state index contributed by atoms with van der Waals surface area (Å²) in [4.78, 5) is 18.9. The molecule has 0 aromatic carbocycles. The van der Waals surface area contributed by atoms with Crippen LogP contribution >= 0.6 is 0 Å². The van der Waals surface area contributed by atoms with Crippen LogP contribution in [0.5, 0.6) is 0 Å². The van der Waals surface area contributed by atoms with Crippen LogP contribution < -0.4 is 16.2 Å². The van der Waals surface area contributed by atoms with E-state index >= 15 is 0 Å². The van der Waals surface area contributed by atoms with Gasteiger partial charge in [0.15, 0.2) is 0 Å². The molecule has 0 spiro atoms. The topological polar surface area (TPSA) is 69.8 Å². The van der Waals surface area contributed by atoms with E-state index in [0.29, 0.717) is 12.0 Å². The molecule has 3 rings (SSSR count). The summed E-state index contributed by atoms with van der Waals surface area (Å²) in [5.74, 6) is 2.06. The Labute approximate surface area is 100 Å². The summed E-state index contributed by atoms with van der Waals surface area (Å²) in [5, 5.41) is 6.69. The summed E-state index contributed by atoms with van der Waals surface area (Å²) in [7, 11) is 0. The normalized spacial score (nSPS) is 24.6. The van der Waals surface area contributed by atoms with E-state index in [4.69, 9.17) is 0 Å². The van der Waals surface area contributed by atoms with Gasteiger partial charge in [0, 0.05) is 24.6 Å². The molecule has 1 saturated carbocycles. The number of anilines is 1. The first-order valence-corrected chi connectivity index (χ1v) is 6.40. The zero-order valence-corrected chi connectivity index (χ0v) is 9.83. The van der Waals surface area contributed by atoms with Gasteiger partial charge in [-0.05, 0) is 32.2 Å². The van der Waals surface area contributed by atoms with Gasteiger partial charge in [0.1, 0.15) is 11.6 Å². The molecule has 92 valence electrons. The van der Waals surface area contributed by atoms with Crippen LogP contribution in [-0.4, -0.2) is 29.1 Å². The lowest BCUT2D eigenvalue weighted by Gasteiger charge is -2.24. The second-order valence-electron chi connectivity index (χ2n) is 4.98. The van der Waals surface area contributed by atoms with Crippen molar-refractivity contribution < 1.29 is 0 Å². The van der Waals surface area contributed by atoms with Crippen molar-refractivity contribution in [3.63, 3.8) is 0 Å². The van der Waals surface area contributed by atoms with Crippen molar-refractivity contribution in [2.45, 2.75) is 37.6 Å². The summed E-state index contributed by atoms with van der Waals surface area (Å²) < 4.78 is 0. The van der Waals surface area contributed by atoms with E-state index in [-0.39, 0.29) is 5.56 Å². The Morgan fingerprint density at radius 2 is 2.24 bits per heavy atom. The highest BCUT2D eigenvalue weighted by Crippen LogP contribution is 2.37. The molecule has 0 amide bonds. The van der Waals surface area contributed by atoms with Crippen molar-refractivity contribution in [1.29, 1.82) is 0 Å². The molecule has 1 aromatic rings. The van der Waals surface area contributed by atoms with Crippen LogP contribution in [0.2, 0.25) is 0 Å². The van der Waals surface area contributed by atoms with Gasteiger partial charge in [-0.15, -0.1) is 0 Å². The number of hydrogen-bond donors (Lipinski definition) is 3. The van der Waals surface area contributed by atoms with Crippen molar-refractivity contribution in [3.05, 3.63) is 22.2 Å². The SMILES string of the molecule is O=c1cc(NC2CCCNC2)nc(C2CC2)[nH]1. The van der Waals surface area contributed by atoms with Crippen molar-refractivity contribution in [2.75, 3.05) is 18.4 Å². The first kappa shape index (κ1) is 10.8. The third-order valence-electron chi connectivity index (χ3n) is 3.37. The Balaban J connectivity index is 1.74. The summed E-state index contributed by atoms with van der Waals surface area (Å²) in [6, 6.07) is 1.95. The van der Waals surface area contributed by atoms with Gasteiger partial charge >= 0.3 is 0 Å². The first-order chi connectivity index (χ1) is 8.31. The number of aromatic nitrogens is 2. The third kappa shape index (κ3) is 2.66. The minimum atomic E-state index is -0.0480. The number of nitrogens with one attached hydrogen (secondary N) is 3. The Morgan fingerprint density at radius 1 is 1.35 bits per heavy atom. The highest BCUT2D eigenvalue weighted by Gasteiger charge is 2.26. The Hall–Kier alpha value is -1.36. The molecule has 1 unspecified atom stereocenters. The maximum Gasteiger partial charge on any atom is 0.252 e. The Morgan fingerprint density at radius 3 is 2.94 bits per heavy atom. The van der Waals surface area contributed by atoms with Gasteiger partial charge in [-0.2, -0.15) is 0 Å². The predicted molar refractivity (Wildman–Crippen MR) is 66.3 cm³/mol. The number of H-pyrrole nitrogens is 1. The van der Waals surface area contributed by atoms with Gasteiger partial charge in [-0.25, -0.2) is 4.98 Å². The molecule has 17 heavy (non-hydrogen) atoms. The molecule has 0 bridgehead atoms. The van der Waals surface area contributed by atoms with E-state index in [0.717, 1.165) is 44.0 Å². The second-order valence-corrected chi connectivity index (χ2v) is 4.98. The number of rotatable bonds is 3. The molecule has 3 N–H and O–H groups in total. The average Bonchev–Trinajstić information content (AvgIpc) is 3.13. The number of nitrogens with zero attached hydrogens (tertiary/aromatic N) is 1. The molecule has 5 nitrogen and oxygen atoms in total. The van der Waals surface area contributed by atoms with Crippen LogP contribution in [0.3, 0.4) is 0 Å². The van der Waals surface area contributed by atoms with Crippen LogP contribution in [0.4, 0.5) is 5.82 Å². The van der Waals surface area contributed by atoms with E-state index in [2.05, 4.69) is 20.6 Å². The highest BCUT2D eigenvalue weighted by molar-refractivity contribution is 5.35. The standard InChI is InChI=1S/C12H18N4O/c17-11-6-10(14-9-2-1-5-13-7-9)15-12(16-11)8-3-4-8/h6,8-9,13H,1-5,7H2,(H2,14,15,16,17). The van der Waals surface area contributed by atoms with Crippen LogP contribution in [0.25, 0.3) is 0 Å². The van der Waals surface area contributed by atoms with Crippen molar-refractivity contribution >= 4 is 5.82 Å². The molecular formula is C12H18N4O. The average molecular weight is 234 g/mol. The fraction of sp³-hybridized carbons (Fsp3) is 0.667. The van der Waals surface area contributed by atoms with Gasteiger partial charge in [-0.1, -0.05) is 0 Å². The van der Waals surface area contributed by atoms with Gasteiger partial charge in [0.05, 0.1) is 0 Å². The van der Waals surface area contributed by atoms with Gasteiger partial charge < -0.3 is 15.6 Å². The Bertz CT molecular complexity index is 446. The molecule has 0 radical (unpaired) electrons. The number of aromatic amines is 1. The predicted octanol–water partition coefficient (Wildman–Crippen LogP) is 0.811. The molecule has 1 aromatic heterocycles. The van der Waals surface area contributed by atoms with Crippen molar-refractivity contribution in [2.24, 2.45) is 0 Å². The maximum atomic E-state index is 11.5. The lowest BCUT2D eigenvalue weighted by molar-refractivity contribution is 0.478. The number of piperidine rings is 1. The summed E-state index contributed by atoms with van der Waals surface area (Å²) in [6.07, 6.45) is 4.62. The van der Waals surface area contributed by atoms with Gasteiger partial charge in [-0.3, -0.25) is 4.79 Å². The van der Waals surface area contributed by atoms with E-state index in [1.165, 1.54) is 6.42 Å². The molecule has 2 fully saturated rings.